The van der Waals surface area contributed by atoms with Crippen LogP contribution in [0.3, 0.4) is 0 Å². The highest BCUT2D eigenvalue weighted by Crippen LogP contribution is 2.07. The number of imidazole rings is 1. The molecule has 0 unspecified atom stereocenters. The fourth-order valence-electron chi connectivity index (χ4n) is 1.84. The van der Waals surface area contributed by atoms with Crippen LogP contribution in [0.25, 0.3) is 0 Å². The summed E-state index contributed by atoms with van der Waals surface area (Å²) in [5.41, 5.74) is 0.787. The zero-order valence-corrected chi connectivity index (χ0v) is 12.6. The van der Waals surface area contributed by atoms with E-state index in [1.165, 1.54) is 5.69 Å². The summed E-state index contributed by atoms with van der Waals surface area (Å²) >= 11 is 0. The molecule has 0 saturated heterocycles. The number of hydrogen-bond acceptors (Lipinski definition) is 3. The van der Waals surface area contributed by atoms with Gasteiger partial charge in [0.25, 0.3) is 0 Å². The first-order valence-electron chi connectivity index (χ1n) is 6.81. The van der Waals surface area contributed by atoms with Crippen molar-refractivity contribution in [2.45, 2.75) is 59.6 Å². The summed E-state index contributed by atoms with van der Waals surface area (Å²) in [6.07, 6.45) is 3.39. The van der Waals surface area contributed by atoms with Crippen LogP contribution in [-0.4, -0.2) is 27.8 Å². The third-order valence-corrected chi connectivity index (χ3v) is 2.73. The molecule has 0 aliphatic heterocycles. The molecule has 0 radical (unpaired) electrons. The molecule has 1 aromatic heterocycles. The van der Waals surface area contributed by atoms with Crippen molar-refractivity contribution in [1.29, 1.82) is 0 Å². The zero-order valence-electron chi connectivity index (χ0n) is 12.6. The molecule has 1 aromatic rings. The van der Waals surface area contributed by atoms with Crippen molar-refractivity contribution in [2.24, 2.45) is 0 Å². The molecular formula is C14H25N3O2. The predicted molar refractivity (Wildman–Crippen MR) is 75.2 cm³/mol. The molecule has 1 rings (SSSR count). The lowest BCUT2D eigenvalue weighted by Crippen LogP contribution is -2.33. The highest BCUT2D eigenvalue weighted by molar-refractivity contribution is 5.67. The summed E-state index contributed by atoms with van der Waals surface area (Å²) in [5, 5.41) is 2.76. The van der Waals surface area contributed by atoms with Gasteiger partial charge in [-0.15, -0.1) is 0 Å². The Bertz CT molecular complexity index is 419. The maximum atomic E-state index is 11.5. The Kier molecular flexibility index (Phi) is 5.39. The maximum absolute atomic E-state index is 11.5. The first kappa shape index (κ1) is 15.5. The first-order chi connectivity index (χ1) is 8.83. The quantitative estimate of drug-likeness (QED) is 0.834. The fraction of sp³-hybridized carbons (Fsp3) is 0.714. The molecule has 0 spiro atoms. The number of aromatic nitrogens is 2. The van der Waals surface area contributed by atoms with Crippen LogP contribution in [0, 0.1) is 6.92 Å². The van der Waals surface area contributed by atoms with Crippen molar-refractivity contribution in [1.82, 2.24) is 14.9 Å². The normalized spacial score (nSPS) is 11.4. The predicted octanol–water partition coefficient (Wildman–Crippen LogP) is 2.67. The van der Waals surface area contributed by atoms with Gasteiger partial charge in [-0.2, -0.15) is 0 Å². The molecule has 0 bridgehead atoms. The molecule has 108 valence electrons. The van der Waals surface area contributed by atoms with Gasteiger partial charge in [-0.25, -0.2) is 9.78 Å². The van der Waals surface area contributed by atoms with Crippen molar-refractivity contribution < 1.29 is 9.53 Å². The topological polar surface area (TPSA) is 56.2 Å². The molecule has 5 nitrogen and oxygen atoms in total. The summed E-state index contributed by atoms with van der Waals surface area (Å²) in [6.45, 7) is 11.2. The summed E-state index contributed by atoms with van der Waals surface area (Å²) in [6, 6.07) is 0. The van der Waals surface area contributed by atoms with E-state index in [2.05, 4.69) is 21.8 Å². The van der Waals surface area contributed by atoms with Crippen LogP contribution in [0.5, 0.6) is 0 Å². The number of aryl methyl sites for hydroxylation is 2. The lowest BCUT2D eigenvalue weighted by molar-refractivity contribution is 0.0526. The van der Waals surface area contributed by atoms with E-state index in [-0.39, 0.29) is 6.09 Å². The molecule has 0 aliphatic carbocycles. The third kappa shape index (κ3) is 5.32. The monoisotopic (exact) mass is 267 g/mol. The van der Waals surface area contributed by atoms with Gasteiger partial charge in [-0.1, -0.05) is 6.92 Å². The van der Waals surface area contributed by atoms with E-state index >= 15 is 0 Å². The van der Waals surface area contributed by atoms with E-state index in [9.17, 15) is 4.79 Å². The van der Waals surface area contributed by atoms with Crippen LogP contribution >= 0.6 is 0 Å². The second-order valence-electron chi connectivity index (χ2n) is 5.58. The highest BCUT2D eigenvalue weighted by atomic mass is 16.6. The number of carbonyl (C=O) groups is 1. The van der Waals surface area contributed by atoms with Gasteiger partial charge in [-0.05, 0) is 40.5 Å². The van der Waals surface area contributed by atoms with E-state index in [0.29, 0.717) is 6.54 Å². The number of rotatable bonds is 5. The number of hydrogen-bond donors (Lipinski definition) is 1. The van der Waals surface area contributed by atoms with Crippen molar-refractivity contribution in [3.63, 3.8) is 0 Å². The van der Waals surface area contributed by atoms with Crippen LogP contribution in [0.4, 0.5) is 4.79 Å². The lowest BCUT2D eigenvalue weighted by Gasteiger charge is -2.19. The number of ether oxygens (including phenoxy) is 1. The highest BCUT2D eigenvalue weighted by Gasteiger charge is 2.15. The molecule has 1 N–H and O–H groups in total. The number of carbonyl (C=O) groups excluding carboxylic acids is 1. The third-order valence-electron chi connectivity index (χ3n) is 2.73. The zero-order chi connectivity index (χ0) is 14.5. The average molecular weight is 267 g/mol. The molecule has 1 amide bonds. The standard InChI is InChI=1S/C14H25N3O2/c1-6-12-10-16-11(2)17(12)9-7-8-15-13(18)19-14(3,4)5/h10H,6-9H2,1-5H3,(H,15,18). The second-order valence-corrected chi connectivity index (χ2v) is 5.58. The van der Waals surface area contributed by atoms with E-state index in [1.807, 2.05) is 33.9 Å². The number of nitrogens with one attached hydrogen (secondary N) is 1. The van der Waals surface area contributed by atoms with Crippen LogP contribution in [0.1, 0.15) is 45.6 Å². The van der Waals surface area contributed by atoms with Crippen molar-refractivity contribution in [2.75, 3.05) is 6.54 Å². The molecule has 0 saturated carbocycles. The number of amides is 1. The smallest absolute Gasteiger partial charge is 0.407 e. The Labute approximate surface area is 115 Å². The Balaban J connectivity index is 2.31. The van der Waals surface area contributed by atoms with Gasteiger partial charge in [0.2, 0.25) is 0 Å². The van der Waals surface area contributed by atoms with Gasteiger partial charge < -0.3 is 14.6 Å². The van der Waals surface area contributed by atoms with Crippen molar-refractivity contribution in [3.05, 3.63) is 17.7 Å². The molecule has 19 heavy (non-hydrogen) atoms. The number of nitrogens with zero attached hydrogens (tertiary/aromatic N) is 2. The van der Waals surface area contributed by atoms with Gasteiger partial charge in [0.05, 0.1) is 0 Å². The van der Waals surface area contributed by atoms with Crippen LogP contribution in [-0.2, 0) is 17.7 Å². The lowest BCUT2D eigenvalue weighted by atomic mass is 10.2. The van der Waals surface area contributed by atoms with Gasteiger partial charge >= 0.3 is 6.09 Å². The maximum Gasteiger partial charge on any atom is 0.407 e. The minimum absolute atomic E-state index is 0.356. The SMILES string of the molecule is CCc1cnc(C)n1CCCNC(=O)OC(C)(C)C. The Morgan fingerprint density at radius 2 is 2.16 bits per heavy atom. The molecule has 0 aromatic carbocycles. The first-order valence-corrected chi connectivity index (χ1v) is 6.81. The van der Waals surface area contributed by atoms with E-state index < -0.39 is 5.60 Å². The van der Waals surface area contributed by atoms with Gasteiger partial charge in [0, 0.05) is 25.0 Å². The summed E-state index contributed by atoms with van der Waals surface area (Å²) in [7, 11) is 0. The largest absolute Gasteiger partial charge is 0.444 e. The van der Waals surface area contributed by atoms with Crippen molar-refractivity contribution in [3.8, 4) is 0 Å². The number of alkyl carbamates (subject to hydrolysis) is 1. The van der Waals surface area contributed by atoms with Crippen LogP contribution in [0.2, 0.25) is 0 Å². The van der Waals surface area contributed by atoms with Crippen molar-refractivity contribution >= 4 is 6.09 Å². The molecule has 0 atom stereocenters. The average Bonchev–Trinajstić information content (AvgIpc) is 2.63. The van der Waals surface area contributed by atoms with Crippen LogP contribution < -0.4 is 5.32 Å². The van der Waals surface area contributed by atoms with E-state index in [4.69, 9.17) is 4.74 Å². The van der Waals surface area contributed by atoms with E-state index in [0.717, 1.165) is 25.2 Å². The van der Waals surface area contributed by atoms with Crippen LogP contribution in [0.15, 0.2) is 6.20 Å². The molecule has 5 heteroatoms. The Morgan fingerprint density at radius 3 is 2.74 bits per heavy atom. The van der Waals surface area contributed by atoms with E-state index in [1.54, 1.807) is 0 Å². The Hall–Kier alpha value is -1.52. The minimum Gasteiger partial charge on any atom is -0.444 e. The fourth-order valence-corrected chi connectivity index (χ4v) is 1.84. The summed E-state index contributed by atoms with van der Waals surface area (Å²) in [4.78, 5) is 15.8. The second kappa shape index (κ2) is 6.59. The molecule has 1 heterocycles. The minimum atomic E-state index is -0.444. The summed E-state index contributed by atoms with van der Waals surface area (Å²) in [5.74, 6) is 1.02. The molecular weight excluding hydrogens is 242 g/mol. The Morgan fingerprint density at radius 1 is 1.47 bits per heavy atom. The molecule has 0 aliphatic rings. The molecule has 0 fully saturated rings. The summed E-state index contributed by atoms with van der Waals surface area (Å²) < 4.78 is 7.37. The van der Waals surface area contributed by atoms with Gasteiger partial charge in [0.1, 0.15) is 11.4 Å². The van der Waals surface area contributed by atoms with Gasteiger partial charge in [-0.3, -0.25) is 0 Å². The van der Waals surface area contributed by atoms with Gasteiger partial charge in [0.15, 0.2) is 0 Å².